The SMILES string of the molecule is O=C(COC1CNC1)N1CCNCC1c1ccccc1Cl. The van der Waals surface area contributed by atoms with E-state index in [4.69, 9.17) is 16.3 Å². The summed E-state index contributed by atoms with van der Waals surface area (Å²) in [5.74, 6) is 0.0355. The van der Waals surface area contributed by atoms with Crippen LogP contribution >= 0.6 is 11.6 Å². The van der Waals surface area contributed by atoms with E-state index in [0.717, 1.165) is 31.7 Å². The van der Waals surface area contributed by atoms with E-state index in [2.05, 4.69) is 10.6 Å². The molecular formula is C15H20ClN3O2. The predicted octanol–water partition coefficient (Wildman–Crippen LogP) is 0.801. The van der Waals surface area contributed by atoms with Crippen LogP contribution < -0.4 is 10.6 Å². The number of carbonyl (C=O) groups is 1. The molecule has 5 nitrogen and oxygen atoms in total. The average molecular weight is 310 g/mol. The van der Waals surface area contributed by atoms with Crippen molar-refractivity contribution in [1.29, 1.82) is 0 Å². The first-order chi connectivity index (χ1) is 10.3. The van der Waals surface area contributed by atoms with Crippen molar-refractivity contribution in [2.24, 2.45) is 0 Å². The number of benzene rings is 1. The molecule has 0 saturated carbocycles. The minimum absolute atomic E-state index is 0.0249. The average Bonchev–Trinajstić information content (AvgIpc) is 2.46. The van der Waals surface area contributed by atoms with Crippen LogP contribution in [0, 0.1) is 0 Å². The Balaban J connectivity index is 1.68. The maximum Gasteiger partial charge on any atom is 0.249 e. The summed E-state index contributed by atoms with van der Waals surface area (Å²) in [7, 11) is 0. The molecule has 114 valence electrons. The smallest absolute Gasteiger partial charge is 0.249 e. The number of nitrogens with zero attached hydrogens (tertiary/aromatic N) is 1. The lowest BCUT2D eigenvalue weighted by Gasteiger charge is -2.37. The molecule has 1 aromatic carbocycles. The minimum Gasteiger partial charge on any atom is -0.366 e. The van der Waals surface area contributed by atoms with Crippen molar-refractivity contribution in [2.45, 2.75) is 12.1 Å². The highest BCUT2D eigenvalue weighted by molar-refractivity contribution is 6.31. The van der Waals surface area contributed by atoms with Gasteiger partial charge >= 0.3 is 0 Å². The lowest BCUT2D eigenvalue weighted by Crippen LogP contribution is -2.52. The number of ether oxygens (including phenoxy) is 1. The molecule has 1 aromatic rings. The molecule has 1 atom stereocenters. The first kappa shape index (κ1) is 14.8. The summed E-state index contributed by atoms with van der Waals surface area (Å²) in [6.07, 6.45) is 0.177. The van der Waals surface area contributed by atoms with Gasteiger partial charge in [-0.3, -0.25) is 4.79 Å². The van der Waals surface area contributed by atoms with E-state index < -0.39 is 0 Å². The Labute approximate surface area is 129 Å². The largest absolute Gasteiger partial charge is 0.366 e. The Bertz CT molecular complexity index is 507. The topological polar surface area (TPSA) is 53.6 Å². The number of carbonyl (C=O) groups excluding carboxylic acids is 1. The number of piperazine rings is 1. The number of hydrogen-bond donors (Lipinski definition) is 2. The molecule has 1 amide bonds. The van der Waals surface area contributed by atoms with Crippen molar-refractivity contribution in [2.75, 3.05) is 39.3 Å². The first-order valence-corrected chi connectivity index (χ1v) is 7.70. The molecule has 0 spiro atoms. The zero-order valence-electron chi connectivity index (χ0n) is 11.8. The van der Waals surface area contributed by atoms with Crippen molar-refractivity contribution >= 4 is 17.5 Å². The molecule has 2 heterocycles. The van der Waals surface area contributed by atoms with Crippen molar-refractivity contribution in [3.8, 4) is 0 Å². The Kier molecular flexibility index (Phi) is 4.75. The molecule has 21 heavy (non-hydrogen) atoms. The molecule has 3 rings (SSSR count). The molecule has 0 radical (unpaired) electrons. The number of halogens is 1. The van der Waals surface area contributed by atoms with Gasteiger partial charge < -0.3 is 20.3 Å². The third-order valence-corrected chi connectivity index (χ3v) is 4.36. The molecule has 2 saturated heterocycles. The summed E-state index contributed by atoms with van der Waals surface area (Å²) in [5.41, 5.74) is 0.991. The van der Waals surface area contributed by atoms with Crippen molar-refractivity contribution in [3.05, 3.63) is 34.9 Å². The van der Waals surface area contributed by atoms with Crippen LogP contribution in [-0.2, 0) is 9.53 Å². The zero-order valence-corrected chi connectivity index (χ0v) is 12.6. The molecule has 0 aromatic heterocycles. The number of amides is 1. The number of nitrogens with one attached hydrogen (secondary N) is 2. The maximum atomic E-state index is 12.4. The number of hydrogen-bond acceptors (Lipinski definition) is 4. The zero-order chi connectivity index (χ0) is 14.7. The minimum atomic E-state index is -0.0249. The third kappa shape index (κ3) is 3.37. The summed E-state index contributed by atoms with van der Waals surface area (Å²) in [6, 6.07) is 7.68. The lowest BCUT2D eigenvalue weighted by atomic mass is 10.0. The van der Waals surface area contributed by atoms with E-state index in [0.29, 0.717) is 11.6 Å². The van der Waals surface area contributed by atoms with Gasteiger partial charge in [-0.15, -0.1) is 0 Å². The van der Waals surface area contributed by atoms with Gasteiger partial charge in [-0.25, -0.2) is 0 Å². The second-order valence-electron chi connectivity index (χ2n) is 5.42. The first-order valence-electron chi connectivity index (χ1n) is 7.32. The molecule has 0 bridgehead atoms. The Hall–Kier alpha value is -1.14. The van der Waals surface area contributed by atoms with E-state index in [1.807, 2.05) is 29.2 Å². The molecule has 2 fully saturated rings. The fraction of sp³-hybridized carbons (Fsp3) is 0.533. The summed E-state index contributed by atoms with van der Waals surface area (Å²) >= 11 is 6.28. The monoisotopic (exact) mass is 309 g/mol. The van der Waals surface area contributed by atoms with Crippen LogP contribution in [0.15, 0.2) is 24.3 Å². The van der Waals surface area contributed by atoms with Gasteiger partial charge in [-0.2, -0.15) is 0 Å². The van der Waals surface area contributed by atoms with Gasteiger partial charge in [0.05, 0.1) is 12.1 Å². The van der Waals surface area contributed by atoms with Gasteiger partial charge in [-0.05, 0) is 11.6 Å². The highest BCUT2D eigenvalue weighted by atomic mass is 35.5. The molecular weight excluding hydrogens is 290 g/mol. The molecule has 1 unspecified atom stereocenters. The van der Waals surface area contributed by atoms with Gasteiger partial charge in [-0.1, -0.05) is 29.8 Å². The summed E-state index contributed by atoms with van der Waals surface area (Å²) in [5, 5.41) is 7.16. The fourth-order valence-corrected chi connectivity index (χ4v) is 2.94. The van der Waals surface area contributed by atoms with Crippen LogP contribution in [0.4, 0.5) is 0 Å². The standard InChI is InChI=1S/C15H20ClN3O2/c16-13-4-2-1-3-12(13)14-9-17-5-6-19(14)15(20)10-21-11-7-18-8-11/h1-4,11,14,17-18H,5-10H2. The Morgan fingerprint density at radius 2 is 2.10 bits per heavy atom. The normalized spacial score (nSPS) is 22.9. The van der Waals surface area contributed by atoms with Gasteiger partial charge in [0.25, 0.3) is 0 Å². The van der Waals surface area contributed by atoms with Gasteiger partial charge in [0.2, 0.25) is 5.91 Å². The molecule has 2 aliphatic heterocycles. The van der Waals surface area contributed by atoms with Crippen LogP contribution in [0.1, 0.15) is 11.6 Å². The van der Waals surface area contributed by atoms with Crippen LogP contribution in [0.3, 0.4) is 0 Å². The third-order valence-electron chi connectivity index (χ3n) is 4.01. The van der Waals surface area contributed by atoms with Crippen molar-refractivity contribution in [1.82, 2.24) is 15.5 Å². The Morgan fingerprint density at radius 1 is 1.29 bits per heavy atom. The van der Waals surface area contributed by atoms with E-state index in [1.54, 1.807) is 0 Å². The summed E-state index contributed by atoms with van der Waals surface area (Å²) < 4.78 is 5.60. The van der Waals surface area contributed by atoms with Gasteiger partial charge in [0, 0.05) is 37.7 Å². The quantitative estimate of drug-likeness (QED) is 0.864. The number of rotatable bonds is 4. The predicted molar refractivity (Wildman–Crippen MR) is 81.4 cm³/mol. The van der Waals surface area contributed by atoms with Crippen molar-refractivity contribution in [3.63, 3.8) is 0 Å². The van der Waals surface area contributed by atoms with Crippen molar-refractivity contribution < 1.29 is 9.53 Å². The molecule has 2 aliphatic rings. The molecule has 6 heteroatoms. The van der Waals surface area contributed by atoms with E-state index >= 15 is 0 Å². The van der Waals surface area contributed by atoms with Gasteiger partial charge in [0.15, 0.2) is 0 Å². The van der Waals surface area contributed by atoms with Crippen LogP contribution in [0.25, 0.3) is 0 Å². The lowest BCUT2D eigenvalue weighted by molar-refractivity contribution is -0.142. The van der Waals surface area contributed by atoms with Crippen LogP contribution in [0.2, 0.25) is 5.02 Å². The molecule has 2 N–H and O–H groups in total. The second-order valence-corrected chi connectivity index (χ2v) is 5.83. The summed E-state index contributed by atoms with van der Waals surface area (Å²) in [4.78, 5) is 14.3. The van der Waals surface area contributed by atoms with E-state index in [-0.39, 0.29) is 24.7 Å². The fourth-order valence-electron chi connectivity index (χ4n) is 2.68. The van der Waals surface area contributed by atoms with Gasteiger partial charge in [0.1, 0.15) is 6.61 Å². The summed E-state index contributed by atoms with van der Waals surface area (Å²) in [6.45, 7) is 4.03. The maximum absolute atomic E-state index is 12.4. The molecule has 0 aliphatic carbocycles. The van der Waals surface area contributed by atoms with E-state index in [9.17, 15) is 4.79 Å². The highest BCUT2D eigenvalue weighted by Gasteiger charge is 2.30. The second kappa shape index (κ2) is 6.75. The highest BCUT2D eigenvalue weighted by Crippen LogP contribution is 2.28. The van der Waals surface area contributed by atoms with E-state index in [1.165, 1.54) is 0 Å². The van der Waals surface area contributed by atoms with Crippen LogP contribution in [0.5, 0.6) is 0 Å². The van der Waals surface area contributed by atoms with Crippen LogP contribution in [-0.4, -0.2) is 56.2 Å². The Morgan fingerprint density at radius 3 is 2.81 bits per heavy atom.